The van der Waals surface area contributed by atoms with Crippen LogP contribution < -0.4 is 21.7 Å². The second-order valence-electron chi connectivity index (χ2n) is 11.7. The number of benzene rings is 2. The lowest BCUT2D eigenvalue weighted by molar-refractivity contribution is -0.146. The zero-order valence-electron chi connectivity index (χ0n) is 26.1. The van der Waals surface area contributed by atoms with Crippen molar-refractivity contribution in [1.29, 1.82) is 0 Å². The van der Waals surface area contributed by atoms with Crippen LogP contribution in [0.25, 0.3) is 10.9 Å². The fourth-order valence-electron chi connectivity index (χ4n) is 5.79. The number of likely N-dealkylation sites (tertiary alicyclic amines) is 1. The Hall–Kier alpha value is -5.11. The Morgan fingerprint density at radius 2 is 1.67 bits per heavy atom. The van der Waals surface area contributed by atoms with Crippen LogP contribution in [0.1, 0.15) is 43.2 Å². The van der Waals surface area contributed by atoms with Crippen LogP contribution in [0.3, 0.4) is 0 Å². The molecule has 0 unspecified atom stereocenters. The van der Waals surface area contributed by atoms with Gasteiger partial charge in [-0.1, -0.05) is 30.3 Å². The van der Waals surface area contributed by atoms with Crippen molar-refractivity contribution in [3.63, 3.8) is 0 Å². The van der Waals surface area contributed by atoms with Gasteiger partial charge in [0.05, 0.1) is 0 Å². The highest BCUT2D eigenvalue weighted by Crippen LogP contribution is 2.22. The number of aromatic amines is 1. The molecule has 3 aromatic rings. The summed E-state index contributed by atoms with van der Waals surface area (Å²) in [5.41, 5.74) is 7.81. The van der Waals surface area contributed by atoms with Gasteiger partial charge in [-0.25, -0.2) is 0 Å². The van der Waals surface area contributed by atoms with E-state index >= 15 is 0 Å². The van der Waals surface area contributed by atoms with Crippen LogP contribution in [-0.2, 0) is 41.6 Å². The number of primary amides is 1. The largest absolute Gasteiger partial charge is 0.508 e. The molecule has 1 aliphatic rings. The predicted molar refractivity (Wildman–Crippen MR) is 176 cm³/mol. The van der Waals surface area contributed by atoms with Crippen molar-refractivity contribution in [3.8, 4) is 5.75 Å². The number of phenols is 1. The molecule has 5 amide bonds. The molecule has 8 N–H and O–H groups in total. The molecule has 15 heteroatoms. The summed E-state index contributed by atoms with van der Waals surface area (Å²) in [5.74, 6) is -4.97. The maximum absolute atomic E-state index is 13.9. The summed E-state index contributed by atoms with van der Waals surface area (Å²) in [6.07, 6.45) is 2.62. The number of aliphatic carboxylic acids is 1. The number of nitrogens with zero attached hydrogens (tertiary/aromatic N) is 1. The fraction of sp³-hybridized carbons (Fsp3) is 0.394. The highest BCUT2D eigenvalue weighted by molar-refractivity contribution is 6.27. The topological polar surface area (TPSA) is 224 Å². The number of aromatic nitrogens is 1. The number of rotatable bonds is 15. The van der Waals surface area contributed by atoms with Crippen molar-refractivity contribution >= 4 is 58.0 Å². The van der Waals surface area contributed by atoms with Gasteiger partial charge in [-0.2, -0.15) is 0 Å². The lowest BCUT2D eigenvalue weighted by atomic mass is 9.97. The molecule has 1 saturated heterocycles. The molecule has 1 fully saturated rings. The van der Waals surface area contributed by atoms with E-state index in [4.69, 9.17) is 17.3 Å². The van der Waals surface area contributed by atoms with Crippen LogP contribution in [0, 0.1) is 0 Å². The number of nitrogens with two attached hydrogens (primary N) is 1. The number of fused-ring (bicyclic) bond motifs is 1. The fourth-order valence-corrected chi connectivity index (χ4v) is 5.86. The summed E-state index contributed by atoms with van der Waals surface area (Å²) in [6, 6.07) is 8.91. The van der Waals surface area contributed by atoms with Crippen molar-refractivity contribution in [3.05, 3.63) is 65.9 Å². The normalized spacial score (nSPS) is 16.4. The summed E-state index contributed by atoms with van der Waals surface area (Å²) < 4.78 is 0. The zero-order valence-corrected chi connectivity index (χ0v) is 26.9. The van der Waals surface area contributed by atoms with Gasteiger partial charge in [0, 0.05) is 42.9 Å². The van der Waals surface area contributed by atoms with Gasteiger partial charge in [0.1, 0.15) is 35.8 Å². The van der Waals surface area contributed by atoms with E-state index in [1.54, 1.807) is 18.3 Å². The minimum absolute atomic E-state index is 0.0277. The van der Waals surface area contributed by atoms with Crippen LogP contribution >= 0.6 is 11.6 Å². The third kappa shape index (κ3) is 9.47. The first-order chi connectivity index (χ1) is 23.0. The van der Waals surface area contributed by atoms with Crippen LogP contribution in [0.5, 0.6) is 5.75 Å². The van der Waals surface area contributed by atoms with Gasteiger partial charge in [0.2, 0.25) is 29.5 Å². The molecule has 2 heterocycles. The van der Waals surface area contributed by atoms with E-state index in [0.717, 1.165) is 10.9 Å². The number of H-pyrrole nitrogens is 1. The third-order valence-corrected chi connectivity index (χ3v) is 8.50. The van der Waals surface area contributed by atoms with E-state index in [1.807, 2.05) is 24.3 Å². The molecular weight excluding hydrogens is 644 g/mol. The van der Waals surface area contributed by atoms with Gasteiger partial charge in [-0.15, -0.1) is 11.6 Å². The summed E-state index contributed by atoms with van der Waals surface area (Å²) in [6.45, 7) is 0.174. The standard InChI is InChI=1S/C33H39ClN6O8/c34-17-28(42)37-24(12-13-29(43)44)33(48)40-14-4-3-7-27(40)32(47)39-26(16-20-18-36-23-6-2-1-5-22(20)23)31(46)38-25(30(35)45)15-19-8-10-21(41)11-9-19/h1-2,5-6,8-11,18,24-27,36,41H,3-4,7,12-17H2,(H2,35,45)(H,37,42)(H,38,46)(H,39,47)(H,43,44)/t24-,25-,26-,27-/m0/s1. The van der Waals surface area contributed by atoms with Gasteiger partial charge in [-0.05, 0) is 55.0 Å². The van der Waals surface area contributed by atoms with E-state index in [9.17, 15) is 39.0 Å². The lowest BCUT2D eigenvalue weighted by Gasteiger charge is -2.37. The minimum Gasteiger partial charge on any atom is -0.508 e. The summed E-state index contributed by atoms with van der Waals surface area (Å²) >= 11 is 5.62. The second kappa shape index (κ2) is 16.6. The minimum atomic E-state index is -1.22. The molecule has 4 rings (SSSR count). The molecule has 256 valence electrons. The molecule has 48 heavy (non-hydrogen) atoms. The second-order valence-corrected chi connectivity index (χ2v) is 12.0. The number of hydrogen-bond donors (Lipinski definition) is 7. The van der Waals surface area contributed by atoms with Crippen molar-refractivity contribution < 1.29 is 39.0 Å². The van der Waals surface area contributed by atoms with E-state index < -0.39 is 72.0 Å². The first-order valence-corrected chi connectivity index (χ1v) is 16.1. The summed E-state index contributed by atoms with van der Waals surface area (Å²) in [7, 11) is 0. The molecule has 0 saturated carbocycles. The number of carboxylic acids is 1. The molecule has 0 radical (unpaired) electrons. The number of aromatic hydroxyl groups is 1. The van der Waals surface area contributed by atoms with Crippen molar-refractivity contribution in [2.45, 2.75) is 69.1 Å². The van der Waals surface area contributed by atoms with Gasteiger partial charge in [0.25, 0.3) is 0 Å². The van der Waals surface area contributed by atoms with E-state index in [0.29, 0.717) is 24.0 Å². The number of carbonyl (C=O) groups is 6. The van der Waals surface area contributed by atoms with Crippen LogP contribution in [0.2, 0.25) is 0 Å². The SMILES string of the molecule is NC(=O)[C@H](Cc1ccc(O)cc1)NC(=O)[C@H](Cc1c[nH]c2ccccc12)NC(=O)[C@@H]1CCCCN1C(=O)[C@H](CCC(=O)O)NC(=O)CCl. The van der Waals surface area contributed by atoms with Gasteiger partial charge < -0.3 is 41.8 Å². The molecule has 0 spiro atoms. The van der Waals surface area contributed by atoms with Gasteiger partial charge in [-0.3, -0.25) is 28.8 Å². The molecule has 1 aliphatic heterocycles. The smallest absolute Gasteiger partial charge is 0.303 e. The Morgan fingerprint density at radius 3 is 2.35 bits per heavy atom. The van der Waals surface area contributed by atoms with E-state index in [2.05, 4.69) is 20.9 Å². The Morgan fingerprint density at radius 1 is 0.938 bits per heavy atom. The molecule has 1 aromatic heterocycles. The van der Waals surface area contributed by atoms with Gasteiger partial charge in [0.15, 0.2) is 0 Å². The number of piperidine rings is 1. The Labute approximate surface area is 281 Å². The summed E-state index contributed by atoms with van der Waals surface area (Å²) in [5, 5.41) is 27.5. The highest BCUT2D eigenvalue weighted by Gasteiger charge is 2.38. The molecule has 4 atom stereocenters. The third-order valence-electron chi connectivity index (χ3n) is 8.26. The maximum atomic E-state index is 13.9. The Kier molecular flexibility index (Phi) is 12.4. The summed E-state index contributed by atoms with van der Waals surface area (Å²) in [4.78, 5) is 81.6. The average Bonchev–Trinajstić information content (AvgIpc) is 3.48. The van der Waals surface area contributed by atoms with E-state index in [-0.39, 0.29) is 38.0 Å². The number of halogens is 1. The molecule has 14 nitrogen and oxygen atoms in total. The van der Waals surface area contributed by atoms with Crippen molar-refractivity contribution in [2.75, 3.05) is 12.4 Å². The molecule has 0 bridgehead atoms. The monoisotopic (exact) mass is 682 g/mol. The number of hydrogen-bond acceptors (Lipinski definition) is 7. The van der Waals surface area contributed by atoms with E-state index in [1.165, 1.54) is 17.0 Å². The maximum Gasteiger partial charge on any atom is 0.303 e. The number of phenolic OH excluding ortho intramolecular Hbond substituents is 1. The predicted octanol–water partition coefficient (Wildman–Crippen LogP) is 1.08. The number of para-hydroxylation sites is 1. The zero-order chi connectivity index (χ0) is 34.8. The first-order valence-electron chi connectivity index (χ1n) is 15.6. The number of amides is 5. The molecule has 0 aliphatic carbocycles. The lowest BCUT2D eigenvalue weighted by Crippen LogP contribution is -2.60. The van der Waals surface area contributed by atoms with Gasteiger partial charge >= 0.3 is 5.97 Å². The quantitative estimate of drug-likeness (QED) is 0.115. The van der Waals surface area contributed by atoms with Crippen molar-refractivity contribution in [1.82, 2.24) is 25.8 Å². The number of carbonyl (C=O) groups excluding carboxylic acids is 5. The Balaban J connectivity index is 1.58. The van der Waals surface area contributed by atoms with Crippen LogP contribution in [-0.4, -0.2) is 92.2 Å². The molecule has 2 aromatic carbocycles. The highest BCUT2D eigenvalue weighted by atomic mass is 35.5. The first kappa shape index (κ1) is 35.7. The van der Waals surface area contributed by atoms with Crippen LogP contribution in [0.4, 0.5) is 0 Å². The van der Waals surface area contributed by atoms with Crippen LogP contribution in [0.15, 0.2) is 54.7 Å². The Bertz CT molecular complexity index is 1640. The number of alkyl halides is 1. The van der Waals surface area contributed by atoms with Crippen molar-refractivity contribution in [2.24, 2.45) is 5.73 Å². The average molecular weight is 683 g/mol. The molecular formula is C33H39ClN6O8. The number of carboxylic acid groups (broad SMARTS) is 1. The number of nitrogens with one attached hydrogen (secondary N) is 4.